The fourth-order valence-corrected chi connectivity index (χ4v) is 4.17. The van der Waals surface area contributed by atoms with Crippen LogP contribution < -0.4 is 10.9 Å². The zero-order chi connectivity index (χ0) is 25.1. The third-order valence-electron chi connectivity index (χ3n) is 6.04. The van der Waals surface area contributed by atoms with Crippen LogP contribution in [0.4, 0.5) is 5.69 Å². The van der Waals surface area contributed by atoms with E-state index in [1.165, 1.54) is 4.57 Å². The Kier molecular flexibility index (Phi) is 6.82. The van der Waals surface area contributed by atoms with Gasteiger partial charge in [0.15, 0.2) is 6.10 Å². The van der Waals surface area contributed by atoms with Crippen LogP contribution in [0.3, 0.4) is 0 Å². The quantitative estimate of drug-likeness (QED) is 0.385. The van der Waals surface area contributed by atoms with E-state index in [1.54, 1.807) is 32.2 Å². The molecule has 0 bridgehead atoms. The topological polar surface area (TPSA) is 77.4 Å². The number of hydrogen-bond acceptors (Lipinski definition) is 4. The van der Waals surface area contributed by atoms with Crippen LogP contribution in [-0.4, -0.2) is 22.5 Å². The lowest BCUT2D eigenvalue weighted by atomic mass is 9.96. The molecule has 1 unspecified atom stereocenters. The molecule has 6 nitrogen and oxygen atoms in total. The van der Waals surface area contributed by atoms with E-state index in [9.17, 15) is 14.4 Å². The van der Waals surface area contributed by atoms with E-state index in [4.69, 9.17) is 4.74 Å². The first-order valence-corrected chi connectivity index (χ1v) is 11.6. The molecule has 1 N–H and O–H groups in total. The molecule has 0 aliphatic heterocycles. The van der Waals surface area contributed by atoms with E-state index < -0.39 is 18.0 Å². The maximum Gasteiger partial charge on any atom is 0.356 e. The summed E-state index contributed by atoms with van der Waals surface area (Å²) in [6.45, 7) is 5.68. The van der Waals surface area contributed by atoms with Crippen LogP contribution in [0, 0.1) is 13.8 Å². The summed E-state index contributed by atoms with van der Waals surface area (Å²) in [5.41, 5.74) is 3.89. The van der Waals surface area contributed by atoms with Crippen LogP contribution in [0.2, 0.25) is 0 Å². The summed E-state index contributed by atoms with van der Waals surface area (Å²) in [6.07, 6.45) is -0.736. The summed E-state index contributed by atoms with van der Waals surface area (Å²) in [6, 6.07) is 22.3. The molecule has 1 aromatic heterocycles. The Morgan fingerprint density at radius 3 is 2.26 bits per heavy atom. The van der Waals surface area contributed by atoms with Gasteiger partial charge in [-0.25, -0.2) is 4.79 Å². The van der Waals surface area contributed by atoms with Crippen molar-refractivity contribution in [2.45, 2.75) is 33.3 Å². The molecule has 0 fully saturated rings. The highest BCUT2D eigenvalue weighted by Crippen LogP contribution is 2.31. The second-order valence-corrected chi connectivity index (χ2v) is 8.66. The van der Waals surface area contributed by atoms with Crippen molar-refractivity contribution in [3.05, 3.63) is 100.0 Å². The van der Waals surface area contributed by atoms with Crippen LogP contribution in [0.5, 0.6) is 0 Å². The number of nitrogens with zero attached hydrogens (tertiary/aromatic N) is 1. The molecule has 0 saturated heterocycles. The van der Waals surface area contributed by atoms with Gasteiger partial charge in [0.1, 0.15) is 5.69 Å². The maximum atomic E-state index is 13.5. The minimum atomic E-state index is -1.02. The standard InChI is InChI=1S/C29H28N2O4/c1-5-24(27(32)30-21-10-8-9-19(3)17-21)35-29(34)26-25(20-15-13-18(2)14-16-20)22-11-6-7-12-23(22)28(33)31(26)4/h6-17,24H,5H2,1-4H3,(H,30,32). The lowest BCUT2D eigenvalue weighted by Gasteiger charge is -2.20. The van der Waals surface area contributed by atoms with Gasteiger partial charge in [0, 0.05) is 23.7 Å². The largest absolute Gasteiger partial charge is 0.448 e. The summed E-state index contributed by atoms with van der Waals surface area (Å²) in [5.74, 6) is -1.15. The molecule has 0 spiro atoms. The molecule has 0 aliphatic carbocycles. The Hall–Kier alpha value is -4.19. The van der Waals surface area contributed by atoms with E-state index in [2.05, 4.69) is 5.32 Å². The molecule has 3 aromatic carbocycles. The average Bonchev–Trinajstić information content (AvgIpc) is 2.85. The highest BCUT2D eigenvalue weighted by atomic mass is 16.5. The third-order valence-corrected chi connectivity index (χ3v) is 6.04. The second-order valence-electron chi connectivity index (χ2n) is 8.66. The molecule has 178 valence electrons. The Bertz CT molecular complexity index is 1470. The highest BCUT2D eigenvalue weighted by Gasteiger charge is 2.27. The number of anilines is 1. The normalized spacial score (nSPS) is 11.8. The van der Waals surface area contributed by atoms with Crippen molar-refractivity contribution >= 4 is 28.3 Å². The number of benzene rings is 3. The monoisotopic (exact) mass is 468 g/mol. The van der Waals surface area contributed by atoms with Gasteiger partial charge in [-0.15, -0.1) is 0 Å². The Balaban J connectivity index is 1.76. The van der Waals surface area contributed by atoms with Crippen molar-refractivity contribution in [2.75, 3.05) is 5.32 Å². The van der Waals surface area contributed by atoms with Crippen LogP contribution in [-0.2, 0) is 16.6 Å². The predicted molar refractivity (Wildman–Crippen MR) is 139 cm³/mol. The molecule has 0 saturated carbocycles. The van der Waals surface area contributed by atoms with Crippen molar-refractivity contribution in [1.82, 2.24) is 4.57 Å². The van der Waals surface area contributed by atoms with Gasteiger partial charge in [-0.2, -0.15) is 0 Å². The fourth-order valence-electron chi connectivity index (χ4n) is 4.17. The summed E-state index contributed by atoms with van der Waals surface area (Å²) < 4.78 is 7.02. The van der Waals surface area contributed by atoms with Crippen molar-refractivity contribution in [2.24, 2.45) is 7.05 Å². The van der Waals surface area contributed by atoms with Crippen molar-refractivity contribution < 1.29 is 14.3 Å². The number of nitrogens with one attached hydrogen (secondary N) is 1. The number of amides is 1. The van der Waals surface area contributed by atoms with E-state index in [0.29, 0.717) is 22.0 Å². The highest BCUT2D eigenvalue weighted by molar-refractivity contribution is 6.07. The van der Waals surface area contributed by atoms with Gasteiger partial charge < -0.3 is 14.6 Å². The van der Waals surface area contributed by atoms with E-state index >= 15 is 0 Å². The average molecular weight is 469 g/mol. The first kappa shape index (κ1) is 24.0. The van der Waals surface area contributed by atoms with Crippen molar-refractivity contribution in [1.29, 1.82) is 0 Å². The predicted octanol–water partition coefficient (Wildman–Crippen LogP) is 5.40. The van der Waals surface area contributed by atoms with Crippen LogP contribution in [0.1, 0.15) is 35.0 Å². The maximum absolute atomic E-state index is 13.5. The number of carbonyl (C=O) groups is 2. The number of pyridine rings is 1. The first-order chi connectivity index (χ1) is 16.8. The van der Waals surface area contributed by atoms with Gasteiger partial charge in [-0.1, -0.05) is 67.1 Å². The smallest absolute Gasteiger partial charge is 0.356 e. The number of aryl methyl sites for hydroxylation is 2. The molecule has 6 heteroatoms. The van der Waals surface area contributed by atoms with E-state index in [1.807, 2.05) is 68.4 Å². The summed E-state index contributed by atoms with van der Waals surface area (Å²) in [7, 11) is 1.55. The summed E-state index contributed by atoms with van der Waals surface area (Å²) in [4.78, 5) is 39.6. The Morgan fingerprint density at radius 1 is 0.914 bits per heavy atom. The number of ether oxygens (including phenoxy) is 1. The van der Waals surface area contributed by atoms with Gasteiger partial charge in [0.2, 0.25) is 0 Å². The number of rotatable bonds is 6. The van der Waals surface area contributed by atoms with Gasteiger partial charge in [-0.3, -0.25) is 9.59 Å². The lowest BCUT2D eigenvalue weighted by Crippen LogP contribution is -2.34. The van der Waals surface area contributed by atoms with Gasteiger partial charge in [0.25, 0.3) is 11.5 Å². The minimum absolute atomic E-state index is 0.111. The number of esters is 1. The molecule has 1 amide bonds. The zero-order valence-corrected chi connectivity index (χ0v) is 20.3. The van der Waals surface area contributed by atoms with Gasteiger partial charge in [0.05, 0.1) is 0 Å². The third kappa shape index (κ3) is 4.87. The molecule has 4 rings (SSSR count). The van der Waals surface area contributed by atoms with Crippen LogP contribution in [0.25, 0.3) is 21.9 Å². The van der Waals surface area contributed by atoms with Crippen LogP contribution >= 0.6 is 0 Å². The molecular formula is C29H28N2O4. The molecular weight excluding hydrogens is 440 g/mol. The fraction of sp³-hybridized carbons (Fsp3) is 0.207. The summed E-state index contributed by atoms with van der Waals surface area (Å²) in [5, 5.41) is 3.98. The number of fused-ring (bicyclic) bond motifs is 1. The second kappa shape index (κ2) is 9.97. The molecule has 1 heterocycles. The molecule has 0 radical (unpaired) electrons. The number of aromatic nitrogens is 1. The van der Waals surface area contributed by atoms with E-state index in [-0.39, 0.29) is 17.7 Å². The Labute approximate surface area is 204 Å². The van der Waals surface area contributed by atoms with Gasteiger partial charge in [-0.05, 0) is 55.0 Å². The first-order valence-electron chi connectivity index (χ1n) is 11.6. The van der Waals surface area contributed by atoms with Crippen molar-refractivity contribution in [3.63, 3.8) is 0 Å². The van der Waals surface area contributed by atoms with Crippen LogP contribution in [0.15, 0.2) is 77.6 Å². The lowest BCUT2D eigenvalue weighted by molar-refractivity contribution is -0.124. The molecule has 0 aliphatic rings. The minimum Gasteiger partial charge on any atom is -0.448 e. The number of hydrogen-bond donors (Lipinski definition) is 1. The molecule has 4 aromatic rings. The van der Waals surface area contributed by atoms with Crippen molar-refractivity contribution in [3.8, 4) is 11.1 Å². The zero-order valence-electron chi connectivity index (χ0n) is 20.3. The van der Waals surface area contributed by atoms with E-state index in [0.717, 1.165) is 16.7 Å². The molecule has 1 atom stereocenters. The molecule has 35 heavy (non-hydrogen) atoms. The number of carbonyl (C=O) groups excluding carboxylic acids is 2. The Morgan fingerprint density at radius 2 is 1.60 bits per heavy atom. The summed E-state index contributed by atoms with van der Waals surface area (Å²) >= 11 is 0. The SMILES string of the molecule is CCC(OC(=O)c1c(-c2ccc(C)cc2)c2ccccc2c(=O)n1C)C(=O)Nc1cccc(C)c1. The van der Waals surface area contributed by atoms with Gasteiger partial charge >= 0.3 is 5.97 Å².